The van der Waals surface area contributed by atoms with E-state index in [1.807, 2.05) is 0 Å². The van der Waals surface area contributed by atoms with Crippen molar-refractivity contribution in [2.24, 2.45) is 0 Å². The molecule has 1 aromatic carbocycles. The van der Waals surface area contributed by atoms with Gasteiger partial charge < -0.3 is 5.73 Å². The molecule has 3 nitrogen and oxygen atoms in total. The van der Waals surface area contributed by atoms with Crippen molar-refractivity contribution in [3.05, 3.63) is 42.1 Å². The molecule has 0 saturated heterocycles. The highest BCUT2D eigenvalue weighted by Crippen LogP contribution is 2.19. The molecule has 0 unspecified atom stereocenters. The molecule has 1 aromatic heterocycles. The van der Waals surface area contributed by atoms with E-state index >= 15 is 0 Å². The van der Waals surface area contributed by atoms with Crippen molar-refractivity contribution in [1.82, 2.24) is 9.97 Å². The lowest BCUT2D eigenvalue weighted by Gasteiger charge is -2.01. The van der Waals surface area contributed by atoms with Crippen LogP contribution in [0.25, 0.3) is 11.3 Å². The topological polar surface area (TPSA) is 51.8 Å². The quantitative estimate of drug-likeness (QED) is 0.778. The van der Waals surface area contributed by atoms with E-state index in [0.717, 1.165) is 6.07 Å². The number of halogens is 2. The minimum Gasteiger partial charge on any atom is -0.368 e. The minimum atomic E-state index is -0.651. The van der Waals surface area contributed by atoms with Crippen LogP contribution in [0.4, 0.5) is 14.7 Å². The first-order valence-corrected chi connectivity index (χ1v) is 4.20. The van der Waals surface area contributed by atoms with Crippen molar-refractivity contribution in [2.45, 2.75) is 0 Å². The number of nitrogen functional groups attached to an aromatic ring is 1. The van der Waals surface area contributed by atoms with Crippen LogP contribution in [0.2, 0.25) is 0 Å². The number of nitrogens with two attached hydrogens (primary N) is 1. The van der Waals surface area contributed by atoms with Gasteiger partial charge in [-0.15, -0.1) is 0 Å². The third-order valence-electron chi connectivity index (χ3n) is 1.83. The van der Waals surface area contributed by atoms with E-state index in [9.17, 15) is 8.78 Å². The molecule has 0 aliphatic heterocycles. The van der Waals surface area contributed by atoms with Gasteiger partial charge in [-0.1, -0.05) is 0 Å². The second-order valence-electron chi connectivity index (χ2n) is 2.96. The maximum atomic E-state index is 12.9. The highest BCUT2D eigenvalue weighted by atomic mass is 19.1. The zero-order valence-corrected chi connectivity index (χ0v) is 7.61. The molecular formula is C10H7F2N3. The van der Waals surface area contributed by atoms with Gasteiger partial charge in [0, 0.05) is 17.8 Å². The minimum absolute atomic E-state index is 0.0668. The van der Waals surface area contributed by atoms with Gasteiger partial charge in [-0.2, -0.15) is 0 Å². The molecule has 2 N–H and O–H groups in total. The van der Waals surface area contributed by atoms with Gasteiger partial charge >= 0.3 is 0 Å². The third kappa shape index (κ3) is 2.07. The summed E-state index contributed by atoms with van der Waals surface area (Å²) in [5, 5.41) is 0. The van der Waals surface area contributed by atoms with E-state index < -0.39 is 11.6 Å². The fourth-order valence-corrected chi connectivity index (χ4v) is 1.24. The lowest BCUT2D eigenvalue weighted by atomic mass is 10.1. The Balaban J connectivity index is 2.54. The Morgan fingerprint density at radius 1 is 1.07 bits per heavy atom. The van der Waals surface area contributed by atoms with Crippen molar-refractivity contribution in [3.63, 3.8) is 0 Å². The van der Waals surface area contributed by atoms with Gasteiger partial charge in [-0.25, -0.2) is 18.7 Å². The second-order valence-corrected chi connectivity index (χ2v) is 2.96. The van der Waals surface area contributed by atoms with Crippen LogP contribution in [0.15, 0.2) is 30.5 Å². The fraction of sp³-hybridized carbons (Fsp3) is 0. The Kier molecular flexibility index (Phi) is 2.29. The largest absolute Gasteiger partial charge is 0.368 e. The number of hydrogen-bond acceptors (Lipinski definition) is 3. The summed E-state index contributed by atoms with van der Waals surface area (Å²) in [7, 11) is 0. The third-order valence-corrected chi connectivity index (χ3v) is 1.83. The van der Waals surface area contributed by atoms with Gasteiger partial charge in [0.25, 0.3) is 0 Å². The molecule has 2 aromatic rings. The number of nitrogens with zero attached hydrogens (tertiary/aromatic N) is 2. The summed E-state index contributed by atoms with van der Waals surface area (Å²) in [4.78, 5) is 7.55. The van der Waals surface area contributed by atoms with E-state index in [4.69, 9.17) is 5.73 Å². The van der Waals surface area contributed by atoms with Crippen LogP contribution in [0.5, 0.6) is 0 Å². The summed E-state index contributed by atoms with van der Waals surface area (Å²) in [6.07, 6.45) is 1.43. The summed E-state index contributed by atoms with van der Waals surface area (Å²) in [6.45, 7) is 0. The van der Waals surface area contributed by atoms with Gasteiger partial charge in [0.2, 0.25) is 5.95 Å². The monoisotopic (exact) mass is 207 g/mol. The van der Waals surface area contributed by atoms with Crippen LogP contribution in [0, 0.1) is 11.6 Å². The average molecular weight is 207 g/mol. The highest BCUT2D eigenvalue weighted by Gasteiger charge is 2.04. The van der Waals surface area contributed by atoms with Crippen molar-refractivity contribution in [2.75, 3.05) is 5.73 Å². The molecule has 0 aliphatic carbocycles. The number of anilines is 1. The van der Waals surface area contributed by atoms with Crippen LogP contribution in [-0.4, -0.2) is 9.97 Å². The van der Waals surface area contributed by atoms with Gasteiger partial charge in [-0.05, 0) is 18.2 Å². The predicted molar refractivity (Wildman–Crippen MR) is 51.8 cm³/mol. The number of aromatic nitrogens is 2. The Hall–Kier alpha value is -2.04. The van der Waals surface area contributed by atoms with Crippen LogP contribution >= 0.6 is 0 Å². The first-order valence-electron chi connectivity index (χ1n) is 4.20. The number of rotatable bonds is 1. The Labute approximate surface area is 84.6 Å². The molecule has 2 rings (SSSR count). The standard InChI is InChI=1S/C10H7F2N3/c11-7-3-6(4-8(12)5-7)9-1-2-14-10(13)15-9/h1-5H,(H2,13,14,15). The Bertz CT molecular complexity index is 480. The highest BCUT2D eigenvalue weighted by molar-refractivity contribution is 5.59. The SMILES string of the molecule is Nc1nccc(-c2cc(F)cc(F)c2)n1. The smallest absolute Gasteiger partial charge is 0.220 e. The van der Waals surface area contributed by atoms with Crippen molar-refractivity contribution in [1.29, 1.82) is 0 Å². The fourth-order valence-electron chi connectivity index (χ4n) is 1.24. The van der Waals surface area contributed by atoms with Crippen molar-refractivity contribution < 1.29 is 8.78 Å². The zero-order chi connectivity index (χ0) is 10.8. The summed E-state index contributed by atoms with van der Waals surface area (Å²) in [5.41, 5.74) is 6.09. The zero-order valence-electron chi connectivity index (χ0n) is 7.61. The first-order chi connectivity index (χ1) is 7.15. The number of hydrogen-bond donors (Lipinski definition) is 1. The molecule has 0 saturated carbocycles. The summed E-state index contributed by atoms with van der Waals surface area (Å²) < 4.78 is 25.8. The lowest BCUT2D eigenvalue weighted by Crippen LogP contribution is -1.95. The van der Waals surface area contributed by atoms with Gasteiger partial charge in [0.1, 0.15) is 11.6 Å². The van der Waals surface area contributed by atoms with Gasteiger partial charge in [0.05, 0.1) is 5.69 Å². The normalized spacial score (nSPS) is 10.3. The maximum Gasteiger partial charge on any atom is 0.220 e. The predicted octanol–water partition coefficient (Wildman–Crippen LogP) is 2.00. The van der Waals surface area contributed by atoms with Crippen LogP contribution < -0.4 is 5.73 Å². The first kappa shape index (κ1) is 9.51. The second kappa shape index (κ2) is 3.61. The summed E-state index contributed by atoms with van der Waals surface area (Å²) in [5.74, 6) is -1.23. The van der Waals surface area contributed by atoms with E-state index in [1.165, 1.54) is 24.4 Å². The van der Waals surface area contributed by atoms with Crippen molar-refractivity contribution in [3.8, 4) is 11.3 Å². The lowest BCUT2D eigenvalue weighted by molar-refractivity contribution is 0.584. The Morgan fingerprint density at radius 2 is 1.73 bits per heavy atom. The summed E-state index contributed by atoms with van der Waals surface area (Å²) >= 11 is 0. The molecule has 1 heterocycles. The molecule has 0 bridgehead atoms. The van der Waals surface area contributed by atoms with Gasteiger partial charge in [0.15, 0.2) is 0 Å². The molecule has 0 atom stereocenters. The van der Waals surface area contributed by atoms with Crippen LogP contribution in [0.1, 0.15) is 0 Å². The maximum absolute atomic E-state index is 12.9. The van der Waals surface area contributed by atoms with Crippen molar-refractivity contribution >= 4 is 5.95 Å². The molecule has 76 valence electrons. The Morgan fingerprint density at radius 3 is 2.33 bits per heavy atom. The number of benzene rings is 1. The molecule has 5 heteroatoms. The van der Waals surface area contributed by atoms with Crippen LogP contribution in [-0.2, 0) is 0 Å². The van der Waals surface area contributed by atoms with E-state index in [2.05, 4.69) is 9.97 Å². The van der Waals surface area contributed by atoms with Crippen LogP contribution in [0.3, 0.4) is 0 Å². The van der Waals surface area contributed by atoms with E-state index in [0.29, 0.717) is 11.3 Å². The summed E-state index contributed by atoms with van der Waals surface area (Å²) in [6, 6.07) is 4.70. The molecule has 0 spiro atoms. The molecule has 0 radical (unpaired) electrons. The molecule has 0 fully saturated rings. The van der Waals surface area contributed by atoms with E-state index in [1.54, 1.807) is 0 Å². The average Bonchev–Trinajstić information content (AvgIpc) is 2.16. The van der Waals surface area contributed by atoms with E-state index in [-0.39, 0.29) is 5.95 Å². The molecular weight excluding hydrogens is 200 g/mol. The van der Waals surface area contributed by atoms with Gasteiger partial charge in [-0.3, -0.25) is 0 Å². The molecule has 0 aliphatic rings. The molecule has 0 amide bonds. The molecule has 15 heavy (non-hydrogen) atoms.